The molecular formula is C15H13N5O4S. The number of hydrazone groups is 1. The molecular weight excluding hydrogens is 346 g/mol. The zero-order valence-electron chi connectivity index (χ0n) is 13.0. The van der Waals surface area contributed by atoms with Crippen LogP contribution >= 0.6 is 0 Å². The van der Waals surface area contributed by atoms with Gasteiger partial charge in [0, 0.05) is 0 Å². The molecule has 0 aliphatic rings. The zero-order valence-corrected chi connectivity index (χ0v) is 13.8. The van der Waals surface area contributed by atoms with E-state index < -0.39 is 10.1 Å². The predicted molar refractivity (Wildman–Crippen MR) is 91.5 cm³/mol. The number of nitrogens with one attached hydrogen (secondary N) is 1. The van der Waals surface area contributed by atoms with Crippen LogP contribution in [0, 0.1) is 0 Å². The summed E-state index contributed by atoms with van der Waals surface area (Å²) in [5, 5.41) is 11.7. The normalized spacial score (nSPS) is 12.8. The van der Waals surface area contributed by atoms with Crippen molar-refractivity contribution in [1.29, 1.82) is 0 Å². The molecule has 0 atom stereocenters. The lowest BCUT2D eigenvalue weighted by Gasteiger charge is -2.02. The van der Waals surface area contributed by atoms with E-state index in [1.54, 1.807) is 25.1 Å². The van der Waals surface area contributed by atoms with E-state index in [0.29, 0.717) is 16.8 Å². The summed E-state index contributed by atoms with van der Waals surface area (Å²) < 4.78 is 36.6. The molecule has 3 rings (SSSR count). The molecule has 0 radical (unpaired) electrons. The van der Waals surface area contributed by atoms with Crippen LogP contribution in [0.2, 0.25) is 0 Å². The summed E-state index contributed by atoms with van der Waals surface area (Å²) in [4.78, 5) is 3.91. The maximum atomic E-state index is 11.1. The van der Waals surface area contributed by atoms with E-state index in [9.17, 15) is 8.42 Å². The number of benzene rings is 2. The first-order chi connectivity index (χ1) is 11.9. The minimum Gasteiger partial charge on any atom is -0.421 e. The number of anilines is 1. The van der Waals surface area contributed by atoms with E-state index >= 15 is 0 Å². The third-order valence-corrected chi connectivity index (χ3v) is 3.89. The van der Waals surface area contributed by atoms with Gasteiger partial charge in [0.2, 0.25) is 0 Å². The minimum atomic E-state index is -4.27. The second-order valence-electron chi connectivity index (χ2n) is 4.94. The second kappa shape index (κ2) is 6.79. The van der Waals surface area contributed by atoms with E-state index in [0.717, 1.165) is 0 Å². The topological polar surface area (TPSA) is 130 Å². The average Bonchev–Trinajstić information content (AvgIpc) is 3.00. The van der Waals surface area contributed by atoms with Crippen LogP contribution in [0.3, 0.4) is 0 Å². The number of azo groups is 1. The Morgan fingerprint density at radius 1 is 1.20 bits per heavy atom. The molecule has 0 amide bonds. The number of para-hydroxylation sites is 2. The molecule has 0 aliphatic heterocycles. The molecule has 128 valence electrons. The summed E-state index contributed by atoms with van der Waals surface area (Å²) in [5.74, 6) is 0.263. The fourth-order valence-electron chi connectivity index (χ4n) is 1.91. The van der Waals surface area contributed by atoms with Crippen molar-refractivity contribution in [3.05, 3.63) is 48.5 Å². The summed E-state index contributed by atoms with van der Waals surface area (Å²) in [6.07, 6.45) is 0. The summed E-state index contributed by atoms with van der Waals surface area (Å²) in [7, 11) is -4.27. The molecule has 25 heavy (non-hydrogen) atoms. The number of hydrogen-bond donors (Lipinski definition) is 2. The first-order valence-electron chi connectivity index (χ1n) is 7.07. The third-order valence-electron chi connectivity index (χ3n) is 3.04. The summed E-state index contributed by atoms with van der Waals surface area (Å²) >= 11 is 0. The van der Waals surface area contributed by atoms with Crippen LogP contribution in [-0.4, -0.2) is 23.8 Å². The Morgan fingerprint density at radius 2 is 2.00 bits per heavy atom. The highest BCUT2D eigenvalue weighted by Crippen LogP contribution is 2.20. The largest absolute Gasteiger partial charge is 0.421 e. The molecule has 1 aromatic heterocycles. The molecule has 0 unspecified atom stereocenters. The van der Waals surface area contributed by atoms with E-state index in [2.05, 4.69) is 25.7 Å². The quantitative estimate of drug-likeness (QED) is 0.241. The number of aromatic nitrogens is 1. The van der Waals surface area contributed by atoms with Crippen LogP contribution in [0.25, 0.3) is 11.1 Å². The minimum absolute atomic E-state index is 0.101. The van der Waals surface area contributed by atoms with Gasteiger partial charge in [-0.1, -0.05) is 23.3 Å². The smallest absolute Gasteiger partial charge is 0.342 e. The number of hydrogen-bond acceptors (Lipinski definition) is 7. The Morgan fingerprint density at radius 3 is 2.76 bits per heavy atom. The molecule has 0 aliphatic carbocycles. The standard InChI is InChI=1S/C15H13N5O4S/c1-10(17-19-11-5-4-6-12(9-11)25(21,22)23)18-20-15-16-13-7-2-3-8-14(13)24-15/h2-9,19H,1H3,(H,21,22,23). The van der Waals surface area contributed by atoms with Gasteiger partial charge in [0.1, 0.15) is 5.52 Å². The van der Waals surface area contributed by atoms with Gasteiger partial charge in [0.05, 0.1) is 10.6 Å². The molecule has 0 saturated heterocycles. The fraction of sp³-hybridized carbons (Fsp3) is 0.0667. The van der Waals surface area contributed by atoms with Crippen molar-refractivity contribution in [2.45, 2.75) is 11.8 Å². The maximum absolute atomic E-state index is 11.1. The third kappa shape index (κ3) is 4.25. The van der Waals surface area contributed by atoms with Crippen molar-refractivity contribution in [3.8, 4) is 0 Å². The monoisotopic (exact) mass is 359 g/mol. The Hall–Kier alpha value is -3.11. The van der Waals surface area contributed by atoms with E-state index in [4.69, 9.17) is 8.97 Å². The van der Waals surface area contributed by atoms with Crippen LogP contribution < -0.4 is 5.43 Å². The van der Waals surface area contributed by atoms with Gasteiger partial charge in [-0.25, -0.2) is 0 Å². The molecule has 2 aromatic carbocycles. The fourth-order valence-corrected chi connectivity index (χ4v) is 2.44. The highest BCUT2D eigenvalue weighted by atomic mass is 32.2. The van der Waals surface area contributed by atoms with Crippen LogP contribution in [0.1, 0.15) is 6.92 Å². The van der Waals surface area contributed by atoms with Crippen molar-refractivity contribution in [2.75, 3.05) is 5.43 Å². The van der Waals surface area contributed by atoms with E-state index in [1.165, 1.54) is 18.2 Å². The highest BCUT2D eigenvalue weighted by Gasteiger charge is 2.09. The molecule has 10 heteroatoms. The second-order valence-corrected chi connectivity index (χ2v) is 6.36. The van der Waals surface area contributed by atoms with Gasteiger partial charge >= 0.3 is 6.01 Å². The average molecular weight is 359 g/mol. The van der Waals surface area contributed by atoms with Gasteiger partial charge in [-0.15, -0.1) is 5.11 Å². The van der Waals surface area contributed by atoms with Gasteiger partial charge < -0.3 is 4.42 Å². The number of amidine groups is 1. The highest BCUT2D eigenvalue weighted by molar-refractivity contribution is 7.85. The summed E-state index contributed by atoms with van der Waals surface area (Å²) in [5.41, 5.74) is 4.27. The van der Waals surface area contributed by atoms with Gasteiger partial charge in [0.25, 0.3) is 10.1 Å². The first-order valence-corrected chi connectivity index (χ1v) is 8.51. The Labute approximate surface area is 142 Å². The molecule has 0 spiro atoms. The maximum Gasteiger partial charge on any atom is 0.342 e. The summed E-state index contributed by atoms with van der Waals surface area (Å²) in [6, 6.07) is 12.9. The molecule has 9 nitrogen and oxygen atoms in total. The van der Waals surface area contributed by atoms with Crippen LogP contribution in [0.5, 0.6) is 0 Å². The van der Waals surface area contributed by atoms with Gasteiger partial charge in [-0.3, -0.25) is 9.98 Å². The lowest BCUT2D eigenvalue weighted by Crippen LogP contribution is -1.99. The summed E-state index contributed by atoms with van der Waals surface area (Å²) in [6.45, 7) is 1.59. The van der Waals surface area contributed by atoms with Gasteiger partial charge in [-0.2, -0.15) is 18.5 Å². The van der Waals surface area contributed by atoms with Crippen molar-refractivity contribution in [3.63, 3.8) is 0 Å². The number of oxazole rings is 1. The molecule has 0 saturated carbocycles. The van der Waals surface area contributed by atoms with Gasteiger partial charge in [0.15, 0.2) is 11.4 Å². The molecule has 0 fully saturated rings. The lowest BCUT2D eigenvalue weighted by atomic mass is 10.3. The molecule has 3 aromatic rings. The Kier molecular flexibility index (Phi) is 4.55. The Bertz CT molecular complexity index is 1040. The van der Waals surface area contributed by atoms with Crippen LogP contribution in [0.4, 0.5) is 11.7 Å². The predicted octanol–water partition coefficient (Wildman–Crippen LogP) is 3.60. The van der Waals surface area contributed by atoms with Gasteiger partial charge in [-0.05, 0) is 37.3 Å². The number of rotatable bonds is 4. The van der Waals surface area contributed by atoms with E-state index in [-0.39, 0.29) is 16.7 Å². The zero-order chi connectivity index (χ0) is 17.9. The van der Waals surface area contributed by atoms with Crippen molar-refractivity contribution >= 4 is 38.8 Å². The first kappa shape index (κ1) is 16.7. The SMILES string of the molecule is CC(N=Nc1nc2ccccc2o1)=NNc1cccc(S(=O)(=O)O)c1. The van der Waals surface area contributed by atoms with Crippen molar-refractivity contribution < 1.29 is 17.4 Å². The molecule has 2 N–H and O–H groups in total. The number of nitrogens with zero attached hydrogens (tertiary/aromatic N) is 4. The van der Waals surface area contributed by atoms with Crippen molar-refractivity contribution in [1.82, 2.24) is 4.98 Å². The van der Waals surface area contributed by atoms with Crippen molar-refractivity contribution in [2.24, 2.45) is 15.3 Å². The number of fused-ring (bicyclic) bond motifs is 1. The molecule has 1 heterocycles. The van der Waals surface area contributed by atoms with E-state index in [1.807, 2.05) is 12.1 Å². The lowest BCUT2D eigenvalue weighted by molar-refractivity contribution is 0.483. The van der Waals surface area contributed by atoms with Crippen LogP contribution in [-0.2, 0) is 10.1 Å². The van der Waals surface area contributed by atoms with Crippen LogP contribution in [0.15, 0.2) is 73.2 Å². The Balaban J connectivity index is 1.71. The molecule has 0 bridgehead atoms.